The first-order valence-electron chi connectivity index (χ1n) is 30.1. The van der Waals surface area contributed by atoms with Gasteiger partial charge in [0.05, 0.1) is 19.8 Å². The summed E-state index contributed by atoms with van der Waals surface area (Å²) >= 11 is 0. The Morgan fingerprint density at radius 3 is 1.35 bits per heavy atom. The summed E-state index contributed by atoms with van der Waals surface area (Å²) in [5, 5.41) is 30.9. The number of unbranched alkanes of at least 4 members (excludes halogenated alkanes) is 37. The molecular formula is C59H112O12S. The number of aliphatic hydroxyl groups is 3. The number of aliphatic hydroxyl groups excluding tert-OH is 3. The molecule has 72 heavy (non-hydrogen) atoms. The number of ether oxygens (including phenoxy) is 4. The highest BCUT2D eigenvalue weighted by atomic mass is 32.3. The van der Waals surface area contributed by atoms with E-state index >= 15 is 0 Å². The summed E-state index contributed by atoms with van der Waals surface area (Å²) in [5.41, 5.74) is 0. The van der Waals surface area contributed by atoms with Crippen molar-refractivity contribution in [2.45, 2.75) is 320 Å². The molecule has 13 heteroatoms. The Balaban J connectivity index is 2.26. The highest BCUT2D eigenvalue weighted by molar-refractivity contribution is 7.80. The van der Waals surface area contributed by atoms with Gasteiger partial charge in [0, 0.05) is 13.0 Å². The molecule has 4 N–H and O–H groups in total. The van der Waals surface area contributed by atoms with E-state index < -0.39 is 59.8 Å². The third kappa shape index (κ3) is 42.8. The average Bonchev–Trinajstić information content (AvgIpc) is 3.36. The Morgan fingerprint density at radius 1 is 0.528 bits per heavy atom. The van der Waals surface area contributed by atoms with Crippen molar-refractivity contribution in [2.24, 2.45) is 0 Å². The maximum Gasteiger partial charge on any atom is 0.397 e. The molecule has 1 saturated heterocycles. The van der Waals surface area contributed by atoms with Gasteiger partial charge in [-0.2, -0.15) is 8.42 Å². The van der Waals surface area contributed by atoms with Gasteiger partial charge in [-0.25, -0.2) is 4.18 Å². The van der Waals surface area contributed by atoms with Crippen molar-refractivity contribution in [3.8, 4) is 0 Å². The SMILES string of the molecule is CCCCC/C=C\C/C=C\CCCCCCCCCCCCOCC(COC1OC(CO)C(O)C(OS(=O)(=O)O)C1O)OC(=O)CCCCCCCCCCCCCCCCCCCCCCCCCCC. The van der Waals surface area contributed by atoms with Crippen molar-refractivity contribution in [3.05, 3.63) is 24.3 Å². The number of hydrogen-bond donors (Lipinski definition) is 4. The second-order valence-electron chi connectivity index (χ2n) is 20.9. The lowest BCUT2D eigenvalue weighted by Crippen LogP contribution is -2.60. The maximum absolute atomic E-state index is 13.0. The monoisotopic (exact) mass is 1040 g/mol. The van der Waals surface area contributed by atoms with Crippen LogP contribution in [0.25, 0.3) is 0 Å². The second-order valence-corrected chi connectivity index (χ2v) is 22.0. The molecule has 12 nitrogen and oxygen atoms in total. The molecule has 0 aromatic heterocycles. The Hall–Kier alpha value is -1.42. The Kier molecular flexibility index (Phi) is 48.0. The fourth-order valence-corrected chi connectivity index (χ4v) is 10.0. The van der Waals surface area contributed by atoms with Crippen LogP contribution in [0.15, 0.2) is 24.3 Å². The molecule has 426 valence electrons. The number of carbonyl (C=O) groups is 1. The predicted octanol–water partition coefficient (Wildman–Crippen LogP) is 15.1. The van der Waals surface area contributed by atoms with Crippen molar-refractivity contribution in [1.29, 1.82) is 0 Å². The van der Waals surface area contributed by atoms with Gasteiger partial charge in [0.15, 0.2) is 6.29 Å². The molecule has 1 heterocycles. The fraction of sp³-hybridized carbons (Fsp3) is 0.915. The van der Waals surface area contributed by atoms with E-state index in [0.29, 0.717) is 13.0 Å². The van der Waals surface area contributed by atoms with Crippen LogP contribution in [0.3, 0.4) is 0 Å². The summed E-state index contributed by atoms with van der Waals surface area (Å²) in [6, 6.07) is 0. The highest BCUT2D eigenvalue weighted by Crippen LogP contribution is 2.26. The van der Waals surface area contributed by atoms with Crippen molar-refractivity contribution < 1.29 is 56.2 Å². The van der Waals surface area contributed by atoms with Gasteiger partial charge in [-0.3, -0.25) is 9.35 Å². The lowest BCUT2D eigenvalue weighted by Gasteiger charge is -2.41. The molecule has 0 saturated carbocycles. The third-order valence-electron chi connectivity index (χ3n) is 14.1. The molecule has 0 spiro atoms. The zero-order valence-electron chi connectivity index (χ0n) is 46.3. The molecule has 0 aliphatic carbocycles. The van der Waals surface area contributed by atoms with Crippen molar-refractivity contribution in [1.82, 2.24) is 0 Å². The van der Waals surface area contributed by atoms with Gasteiger partial charge < -0.3 is 34.3 Å². The number of carbonyl (C=O) groups excluding carboxylic acids is 1. The summed E-state index contributed by atoms with van der Waals surface area (Å²) in [6.07, 6.45) is 52.2. The van der Waals surface area contributed by atoms with E-state index in [-0.39, 0.29) is 19.6 Å². The van der Waals surface area contributed by atoms with Crippen molar-refractivity contribution in [3.63, 3.8) is 0 Å². The standard InChI is InChI=1S/C59H112O12S/c1-3-5-7-9-11-13-15-17-19-21-23-25-26-27-28-29-30-32-34-36-38-40-42-44-46-48-55(61)69-53(52-68-59-57(63)58(71-72(64,65)66)56(62)54(50-60)70-59)51-67-49-47-45-43-41-39-37-35-33-31-24-22-20-18-16-14-12-10-8-6-4-2/h12,14,18,20,53-54,56-60,62-63H,3-11,13,15-17,19,21-52H2,1-2H3,(H,64,65,66)/b14-12-,20-18-. The molecule has 1 aliphatic heterocycles. The number of esters is 1. The van der Waals surface area contributed by atoms with Gasteiger partial charge in [-0.1, -0.05) is 256 Å². The maximum atomic E-state index is 13.0. The van der Waals surface area contributed by atoms with Crippen LogP contribution in [0.1, 0.15) is 284 Å². The lowest BCUT2D eigenvalue weighted by atomic mass is 9.99. The minimum atomic E-state index is -5.07. The molecule has 1 aliphatic rings. The molecule has 0 radical (unpaired) electrons. The lowest BCUT2D eigenvalue weighted by molar-refractivity contribution is -0.301. The van der Waals surface area contributed by atoms with Gasteiger partial charge in [-0.15, -0.1) is 0 Å². The quantitative estimate of drug-likeness (QED) is 0.0196. The van der Waals surface area contributed by atoms with Crippen LogP contribution in [0, 0.1) is 0 Å². The first-order chi connectivity index (χ1) is 35.1. The van der Waals surface area contributed by atoms with Crippen LogP contribution < -0.4 is 0 Å². The minimum Gasteiger partial charge on any atom is -0.457 e. The van der Waals surface area contributed by atoms with E-state index in [4.69, 9.17) is 18.9 Å². The largest absolute Gasteiger partial charge is 0.457 e. The summed E-state index contributed by atoms with van der Waals surface area (Å²) in [4.78, 5) is 13.0. The van der Waals surface area contributed by atoms with E-state index in [1.807, 2.05) is 0 Å². The van der Waals surface area contributed by atoms with Gasteiger partial charge in [0.25, 0.3) is 0 Å². The molecule has 1 rings (SSSR count). The molecule has 0 aromatic carbocycles. The normalized spacial score (nSPS) is 19.0. The van der Waals surface area contributed by atoms with E-state index in [1.165, 1.54) is 212 Å². The van der Waals surface area contributed by atoms with Crippen LogP contribution in [-0.2, 0) is 38.3 Å². The zero-order valence-corrected chi connectivity index (χ0v) is 47.1. The number of allylic oxidation sites excluding steroid dienone is 4. The Labute approximate surface area is 441 Å². The second kappa shape index (κ2) is 50.4. The van der Waals surface area contributed by atoms with Crippen molar-refractivity contribution >= 4 is 16.4 Å². The summed E-state index contributed by atoms with van der Waals surface area (Å²) in [7, 11) is -5.07. The zero-order chi connectivity index (χ0) is 52.4. The van der Waals surface area contributed by atoms with E-state index in [0.717, 1.165) is 44.9 Å². The van der Waals surface area contributed by atoms with E-state index in [1.54, 1.807) is 0 Å². The van der Waals surface area contributed by atoms with Gasteiger partial charge in [0.1, 0.15) is 30.5 Å². The summed E-state index contributed by atoms with van der Waals surface area (Å²) < 4.78 is 59.5. The van der Waals surface area contributed by atoms with Crippen LogP contribution >= 0.6 is 0 Å². The van der Waals surface area contributed by atoms with E-state index in [2.05, 4.69) is 42.3 Å². The van der Waals surface area contributed by atoms with Crippen LogP contribution in [0.4, 0.5) is 0 Å². The summed E-state index contributed by atoms with van der Waals surface area (Å²) in [6.45, 7) is 4.03. The first kappa shape index (κ1) is 68.6. The third-order valence-corrected chi connectivity index (χ3v) is 14.5. The minimum absolute atomic E-state index is 0.0387. The fourth-order valence-electron chi connectivity index (χ4n) is 9.53. The van der Waals surface area contributed by atoms with Crippen LogP contribution in [0.5, 0.6) is 0 Å². The topological polar surface area (TPSA) is 178 Å². The number of rotatable bonds is 54. The Bertz CT molecular complexity index is 1340. The molecule has 0 amide bonds. The predicted molar refractivity (Wildman–Crippen MR) is 294 cm³/mol. The molecular weight excluding hydrogens is 933 g/mol. The van der Waals surface area contributed by atoms with Gasteiger partial charge >= 0.3 is 16.4 Å². The molecule has 0 bridgehead atoms. The van der Waals surface area contributed by atoms with Crippen molar-refractivity contribution in [2.75, 3.05) is 26.4 Å². The van der Waals surface area contributed by atoms with Crippen LogP contribution in [-0.4, -0.2) is 97.5 Å². The highest BCUT2D eigenvalue weighted by Gasteiger charge is 2.48. The molecule has 0 aromatic rings. The average molecular weight is 1050 g/mol. The van der Waals surface area contributed by atoms with Gasteiger partial charge in [-0.05, 0) is 44.9 Å². The smallest absolute Gasteiger partial charge is 0.397 e. The van der Waals surface area contributed by atoms with Gasteiger partial charge in [0.2, 0.25) is 0 Å². The molecule has 6 atom stereocenters. The first-order valence-corrected chi connectivity index (χ1v) is 31.5. The molecule has 1 fully saturated rings. The Morgan fingerprint density at radius 2 is 0.917 bits per heavy atom. The van der Waals surface area contributed by atoms with E-state index in [9.17, 15) is 33.1 Å². The summed E-state index contributed by atoms with van der Waals surface area (Å²) in [5.74, 6) is -0.393. The van der Waals surface area contributed by atoms with Crippen LogP contribution in [0.2, 0.25) is 0 Å². The molecule has 6 unspecified atom stereocenters. The number of hydrogen-bond acceptors (Lipinski definition) is 11.